The molecule has 0 bridgehead atoms. The predicted octanol–water partition coefficient (Wildman–Crippen LogP) is 4.74. The van der Waals surface area contributed by atoms with Crippen molar-refractivity contribution in [3.05, 3.63) is 33.4 Å². The molecule has 1 unspecified atom stereocenters. The molecule has 0 aliphatic rings. The fraction of sp³-hybridized carbons (Fsp3) is 0.571. The zero-order chi connectivity index (χ0) is 16.2. The number of benzene rings is 1. The van der Waals surface area contributed by atoms with E-state index < -0.39 is 17.5 Å². The van der Waals surface area contributed by atoms with Gasteiger partial charge in [0.15, 0.2) is 0 Å². The van der Waals surface area contributed by atoms with E-state index in [-0.39, 0.29) is 18.2 Å². The molecule has 0 saturated carbocycles. The molecular formula is C14H19F3N2O2. The van der Waals surface area contributed by atoms with Crippen molar-refractivity contribution in [2.75, 3.05) is 5.32 Å². The smallest absolute Gasteiger partial charge is 0.382 e. The zero-order valence-corrected chi connectivity index (χ0v) is 12.3. The maximum absolute atomic E-state index is 12.1. The van der Waals surface area contributed by atoms with Gasteiger partial charge in [0.1, 0.15) is 0 Å². The molecule has 0 amide bonds. The van der Waals surface area contributed by atoms with Crippen LogP contribution in [0.4, 0.5) is 24.5 Å². The molecule has 0 aliphatic carbocycles. The van der Waals surface area contributed by atoms with E-state index in [0.29, 0.717) is 17.7 Å². The van der Waals surface area contributed by atoms with E-state index in [2.05, 4.69) is 5.32 Å². The fourth-order valence-corrected chi connectivity index (χ4v) is 2.14. The Balaban J connectivity index is 2.70. The second-order valence-corrected chi connectivity index (χ2v) is 5.26. The number of nitro benzene ring substituents is 1. The van der Waals surface area contributed by atoms with Crippen LogP contribution in [0.15, 0.2) is 12.1 Å². The van der Waals surface area contributed by atoms with Gasteiger partial charge in [-0.05, 0) is 45.2 Å². The van der Waals surface area contributed by atoms with Gasteiger partial charge in [0.2, 0.25) is 0 Å². The Bertz CT molecular complexity index is 516. The van der Waals surface area contributed by atoms with E-state index in [1.165, 1.54) is 6.07 Å². The Morgan fingerprint density at radius 1 is 1.29 bits per heavy atom. The van der Waals surface area contributed by atoms with Crippen LogP contribution in [0.25, 0.3) is 0 Å². The number of halogens is 3. The van der Waals surface area contributed by atoms with Gasteiger partial charge < -0.3 is 5.32 Å². The molecule has 1 aromatic carbocycles. The number of nitro groups is 1. The number of nitrogens with one attached hydrogen (secondary N) is 1. The summed E-state index contributed by atoms with van der Waals surface area (Å²) in [4.78, 5) is 10.4. The quantitative estimate of drug-likeness (QED) is 0.610. The van der Waals surface area contributed by atoms with Gasteiger partial charge in [-0.2, -0.15) is 13.2 Å². The van der Waals surface area contributed by atoms with Crippen molar-refractivity contribution in [1.29, 1.82) is 0 Å². The second-order valence-electron chi connectivity index (χ2n) is 5.26. The lowest BCUT2D eigenvalue weighted by Gasteiger charge is -2.18. The van der Waals surface area contributed by atoms with Crippen LogP contribution in [0.1, 0.15) is 37.3 Å². The van der Waals surface area contributed by atoms with Crippen LogP contribution < -0.4 is 5.32 Å². The first kappa shape index (κ1) is 17.3. The van der Waals surface area contributed by atoms with Gasteiger partial charge in [0, 0.05) is 29.8 Å². The summed E-state index contributed by atoms with van der Waals surface area (Å²) in [5, 5.41) is 14.0. The van der Waals surface area contributed by atoms with E-state index in [9.17, 15) is 23.3 Å². The highest BCUT2D eigenvalue weighted by Crippen LogP contribution is 2.28. The topological polar surface area (TPSA) is 55.2 Å². The molecule has 1 atom stereocenters. The predicted molar refractivity (Wildman–Crippen MR) is 75.6 cm³/mol. The van der Waals surface area contributed by atoms with Crippen LogP contribution in [0.5, 0.6) is 0 Å². The standard InChI is InChI=1S/C14H19F3N2O2/c1-9-7-10(2)13(19(20)21)8-12(9)18-11(3)5-4-6-14(15,16)17/h7-8,11,18H,4-6H2,1-3H3. The summed E-state index contributed by atoms with van der Waals surface area (Å²) in [5.41, 5.74) is 1.99. The van der Waals surface area contributed by atoms with Crippen LogP contribution in [0.3, 0.4) is 0 Å². The van der Waals surface area contributed by atoms with Gasteiger partial charge in [-0.15, -0.1) is 0 Å². The van der Waals surface area contributed by atoms with E-state index in [1.807, 2.05) is 6.92 Å². The molecule has 0 fully saturated rings. The molecule has 1 N–H and O–H groups in total. The number of hydrogen-bond donors (Lipinski definition) is 1. The fourth-order valence-electron chi connectivity index (χ4n) is 2.14. The van der Waals surface area contributed by atoms with Crippen LogP contribution in [-0.2, 0) is 0 Å². The minimum absolute atomic E-state index is 0.00518. The molecule has 21 heavy (non-hydrogen) atoms. The van der Waals surface area contributed by atoms with Crippen molar-refractivity contribution >= 4 is 11.4 Å². The first-order valence-corrected chi connectivity index (χ1v) is 6.69. The van der Waals surface area contributed by atoms with Crippen molar-refractivity contribution in [2.24, 2.45) is 0 Å². The molecule has 1 rings (SSSR count). The summed E-state index contributed by atoms with van der Waals surface area (Å²) in [7, 11) is 0. The van der Waals surface area contributed by atoms with Crippen LogP contribution in [-0.4, -0.2) is 17.1 Å². The summed E-state index contributed by atoms with van der Waals surface area (Å²) in [6, 6.07) is 2.95. The molecule has 118 valence electrons. The lowest BCUT2D eigenvalue weighted by Crippen LogP contribution is -2.17. The van der Waals surface area contributed by atoms with Crippen molar-refractivity contribution in [2.45, 2.75) is 52.3 Å². The summed E-state index contributed by atoms with van der Waals surface area (Å²) < 4.78 is 36.3. The van der Waals surface area contributed by atoms with Gasteiger partial charge in [0.05, 0.1) is 4.92 Å². The van der Waals surface area contributed by atoms with E-state index >= 15 is 0 Å². The molecular weight excluding hydrogens is 285 g/mol. The SMILES string of the molecule is Cc1cc(C)c([N+](=O)[O-])cc1NC(C)CCCC(F)(F)F. The molecule has 7 heteroatoms. The third-order valence-electron chi connectivity index (χ3n) is 3.24. The highest BCUT2D eigenvalue weighted by atomic mass is 19.4. The molecule has 0 radical (unpaired) electrons. The first-order valence-electron chi connectivity index (χ1n) is 6.69. The first-order chi connectivity index (χ1) is 9.60. The minimum Gasteiger partial charge on any atom is -0.382 e. The van der Waals surface area contributed by atoms with Gasteiger partial charge in [0.25, 0.3) is 5.69 Å². The Kier molecular flexibility index (Phi) is 5.57. The highest BCUT2D eigenvalue weighted by molar-refractivity contribution is 5.60. The Hall–Kier alpha value is -1.79. The summed E-state index contributed by atoms with van der Waals surface area (Å²) >= 11 is 0. The van der Waals surface area contributed by atoms with Gasteiger partial charge in [-0.3, -0.25) is 10.1 Å². The number of anilines is 1. The highest BCUT2D eigenvalue weighted by Gasteiger charge is 2.26. The third kappa shape index (κ3) is 5.61. The third-order valence-corrected chi connectivity index (χ3v) is 3.24. The number of nitrogens with zero attached hydrogens (tertiary/aromatic N) is 1. The molecule has 0 aromatic heterocycles. The Morgan fingerprint density at radius 2 is 1.90 bits per heavy atom. The molecule has 0 aliphatic heterocycles. The second kappa shape index (κ2) is 6.78. The Labute approximate surface area is 121 Å². The number of alkyl halides is 3. The zero-order valence-electron chi connectivity index (χ0n) is 12.3. The van der Waals surface area contributed by atoms with E-state index in [4.69, 9.17) is 0 Å². The molecule has 0 spiro atoms. The van der Waals surface area contributed by atoms with Gasteiger partial charge >= 0.3 is 6.18 Å². The van der Waals surface area contributed by atoms with Crippen molar-refractivity contribution in [3.63, 3.8) is 0 Å². The normalized spacial score (nSPS) is 13.0. The minimum atomic E-state index is -4.14. The molecule has 1 aromatic rings. The molecule has 0 heterocycles. The van der Waals surface area contributed by atoms with Crippen molar-refractivity contribution in [1.82, 2.24) is 0 Å². The van der Waals surface area contributed by atoms with Gasteiger partial charge in [-0.1, -0.05) is 0 Å². The molecule has 0 saturated heterocycles. The lowest BCUT2D eigenvalue weighted by molar-refractivity contribution is -0.385. The maximum Gasteiger partial charge on any atom is 0.389 e. The van der Waals surface area contributed by atoms with E-state index in [1.54, 1.807) is 19.9 Å². The number of hydrogen-bond acceptors (Lipinski definition) is 3. The van der Waals surface area contributed by atoms with E-state index in [0.717, 1.165) is 5.56 Å². The van der Waals surface area contributed by atoms with Crippen LogP contribution in [0.2, 0.25) is 0 Å². The Morgan fingerprint density at radius 3 is 2.43 bits per heavy atom. The van der Waals surface area contributed by atoms with Crippen molar-refractivity contribution in [3.8, 4) is 0 Å². The maximum atomic E-state index is 12.1. The summed E-state index contributed by atoms with van der Waals surface area (Å²) in [6.45, 7) is 5.23. The van der Waals surface area contributed by atoms with Crippen molar-refractivity contribution < 1.29 is 18.1 Å². The van der Waals surface area contributed by atoms with Crippen LogP contribution >= 0.6 is 0 Å². The average molecular weight is 304 g/mol. The molecule has 4 nitrogen and oxygen atoms in total. The van der Waals surface area contributed by atoms with Crippen LogP contribution in [0, 0.1) is 24.0 Å². The lowest BCUT2D eigenvalue weighted by atomic mass is 10.1. The summed E-state index contributed by atoms with van der Waals surface area (Å²) in [5.74, 6) is 0. The monoisotopic (exact) mass is 304 g/mol. The number of rotatable bonds is 6. The van der Waals surface area contributed by atoms with Gasteiger partial charge in [-0.25, -0.2) is 0 Å². The average Bonchev–Trinajstić information content (AvgIpc) is 2.30. The number of aryl methyl sites for hydroxylation is 2. The summed E-state index contributed by atoms with van der Waals surface area (Å²) in [6.07, 6.45) is -4.57. The largest absolute Gasteiger partial charge is 0.389 e.